The third kappa shape index (κ3) is 7.88. The molecule has 0 spiro atoms. The van der Waals surface area contributed by atoms with Crippen LogP contribution in [-0.2, 0) is 0 Å². The molecule has 10 heavy (non-hydrogen) atoms. The van der Waals surface area contributed by atoms with Gasteiger partial charge in [0, 0.05) is 13.7 Å². The molecule has 62 valence electrons. The Labute approximate surface area is 77.2 Å². The molecule has 0 aromatic heterocycles. The number of hydrogen-bond acceptors (Lipinski definition) is 3. The van der Waals surface area contributed by atoms with Crippen LogP contribution >= 0.6 is 0 Å². The van der Waals surface area contributed by atoms with Crippen molar-refractivity contribution >= 4 is 0 Å². The minimum atomic E-state index is -3.17. The molecule has 0 fully saturated rings. The van der Waals surface area contributed by atoms with Crippen LogP contribution in [0.2, 0.25) is 0 Å². The van der Waals surface area contributed by atoms with E-state index in [9.17, 15) is 0 Å². The largest absolute Gasteiger partial charge is 0.330 e. The van der Waals surface area contributed by atoms with E-state index in [4.69, 9.17) is 25.2 Å². The molecule has 0 rings (SSSR count). The van der Waals surface area contributed by atoms with Gasteiger partial charge in [0.1, 0.15) is 0 Å². The fourth-order valence-corrected chi connectivity index (χ4v) is 0.300. The monoisotopic (exact) mass is 155 g/mol. The predicted octanol–water partition coefficient (Wildman–Crippen LogP) is -0.336. The van der Waals surface area contributed by atoms with Crippen molar-refractivity contribution in [2.45, 2.75) is 19.2 Å². The van der Waals surface area contributed by atoms with Crippen molar-refractivity contribution in [3.63, 3.8) is 0 Å². The summed E-state index contributed by atoms with van der Waals surface area (Å²) in [6.45, 7) is -9.97. The van der Waals surface area contributed by atoms with E-state index in [0.717, 1.165) is 0 Å². The molecule has 3 nitrogen and oxygen atoms in total. The van der Waals surface area contributed by atoms with Crippen LogP contribution in [0.25, 0.3) is 0 Å². The van der Waals surface area contributed by atoms with E-state index in [-0.39, 0.29) is 0 Å². The van der Waals surface area contributed by atoms with Gasteiger partial charge in [0.05, 0.1) is 0 Å². The summed E-state index contributed by atoms with van der Waals surface area (Å²) in [5.41, 5.74) is 9.99. The summed E-state index contributed by atoms with van der Waals surface area (Å²) in [4.78, 5) is 0. The standard InChI is InChI=1S/C7H19N3/c8-4-1-2-6-10-7-3-5-9/h10H,1-9H2/i2D,3D2,4D2,5D2,6D,7D2/t2-,6-/m0/s1. The Balaban J connectivity index is 4.93. The van der Waals surface area contributed by atoms with E-state index >= 15 is 0 Å². The van der Waals surface area contributed by atoms with Gasteiger partial charge in [-0.25, -0.2) is 0 Å². The average Bonchev–Trinajstić information content (AvgIpc) is 2.11. The molecule has 5 N–H and O–H groups in total. The molecule has 0 saturated carbocycles. The molecule has 0 unspecified atom stereocenters. The number of nitrogens with one attached hydrogen (secondary N) is 1. The Bertz CT molecular complexity index is 322. The van der Waals surface area contributed by atoms with Crippen molar-refractivity contribution in [2.24, 2.45) is 11.5 Å². The summed E-state index contributed by atoms with van der Waals surface area (Å²) in [6, 6.07) is 0. The maximum atomic E-state index is 7.51. The number of hydrogen-bond donors (Lipinski definition) is 3. The molecule has 3 heteroatoms. The SMILES string of the molecule is [2H][C@H](NC([2H])([2H])C([2H])([2H])C([2H])([2H])N)[C@@H]([2H])CC([2H])([2H])N. The van der Waals surface area contributed by atoms with Crippen LogP contribution in [-0.4, -0.2) is 26.0 Å². The van der Waals surface area contributed by atoms with Gasteiger partial charge in [0.25, 0.3) is 0 Å². The van der Waals surface area contributed by atoms with Gasteiger partial charge in [-0.15, -0.1) is 0 Å². The fraction of sp³-hybridized carbons (Fsp3) is 1.00. The molecule has 0 aromatic carbocycles. The molecule has 0 aliphatic carbocycles. The molecule has 0 saturated heterocycles. The van der Waals surface area contributed by atoms with Crippen LogP contribution < -0.4 is 16.8 Å². The van der Waals surface area contributed by atoms with E-state index < -0.39 is 45.2 Å². The third-order valence-electron chi connectivity index (χ3n) is 0.644. The third-order valence-corrected chi connectivity index (χ3v) is 0.644. The van der Waals surface area contributed by atoms with Gasteiger partial charge in [-0.1, -0.05) is 0 Å². The Morgan fingerprint density at radius 3 is 2.70 bits per heavy atom. The summed E-state index contributed by atoms with van der Waals surface area (Å²) in [6.07, 6.45) is -5.20. The summed E-state index contributed by atoms with van der Waals surface area (Å²) in [7, 11) is 0. The lowest BCUT2D eigenvalue weighted by Gasteiger charge is -2.01. The van der Waals surface area contributed by atoms with Gasteiger partial charge < -0.3 is 16.8 Å². The Morgan fingerprint density at radius 1 is 1.30 bits per heavy atom. The minimum absolute atomic E-state index is 0.567. The van der Waals surface area contributed by atoms with Gasteiger partial charge in [0.15, 0.2) is 0 Å². The van der Waals surface area contributed by atoms with Crippen LogP contribution in [0.3, 0.4) is 0 Å². The van der Waals surface area contributed by atoms with E-state index in [0.29, 0.717) is 0 Å². The normalized spacial score (nSPS) is 37.0. The van der Waals surface area contributed by atoms with Crippen LogP contribution in [0, 0.1) is 0 Å². The molecular weight excluding hydrogens is 126 g/mol. The van der Waals surface area contributed by atoms with Gasteiger partial charge in [-0.3, -0.25) is 0 Å². The highest BCUT2D eigenvalue weighted by molar-refractivity contribution is 4.49. The van der Waals surface area contributed by atoms with Crippen molar-refractivity contribution in [1.82, 2.24) is 5.32 Å². The van der Waals surface area contributed by atoms with E-state index in [1.165, 1.54) is 0 Å². The second kappa shape index (κ2) is 8.88. The Hall–Kier alpha value is -0.120. The maximum absolute atomic E-state index is 7.51. The van der Waals surface area contributed by atoms with Crippen LogP contribution in [0.5, 0.6) is 0 Å². The van der Waals surface area contributed by atoms with Crippen molar-refractivity contribution in [2.75, 3.05) is 26.0 Å². The molecule has 0 aliphatic rings. The molecule has 2 atom stereocenters. The fourth-order valence-electron chi connectivity index (χ4n) is 0.300. The van der Waals surface area contributed by atoms with Gasteiger partial charge in [-0.2, -0.15) is 0 Å². The molecule has 0 aliphatic heterocycles. The Morgan fingerprint density at radius 2 is 2.10 bits per heavy atom. The van der Waals surface area contributed by atoms with E-state index in [1.54, 1.807) is 0 Å². The van der Waals surface area contributed by atoms with Gasteiger partial charge in [-0.05, 0) is 45.2 Å². The van der Waals surface area contributed by atoms with E-state index in [1.807, 2.05) is 5.32 Å². The smallest absolute Gasteiger partial charge is 0.0428 e. The molecule has 0 heterocycles. The first-order valence-corrected chi connectivity index (χ1v) is 2.71. The van der Waals surface area contributed by atoms with E-state index in [2.05, 4.69) is 0 Å². The van der Waals surface area contributed by atoms with Gasteiger partial charge >= 0.3 is 0 Å². The number of nitrogens with two attached hydrogens (primary N) is 2. The quantitative estimate of drug-likeness (QED) is 0.471. The topological polar surface area (TPSA) is 64.1 Å². The zero-order valence-corrected chi connectivity index (χ0v) is 5.52. The molecule has 0 aromatic rings. The lowest BCUT2D eigenvalue weighted by molar-refractivity contribution is 0.611. The zero-order valence-electron chi connectivity index (χ0n) is 15.5. The molecule has 0 amide bonds. The molecular formula is C7H19N3. The summed E-state index contributed by atoms with van der Waals surface area (Å²) in [5.74, 6) is 0. The van der Waals surface area contributed by atoms with Crippen molar-refractivity contribution in [3.05, 3.63) is 0 Å². The van der Waals surface area contributed by atoms with Crippen LogP contribution in [0.1, 0.15) is 32.9 Å². The first kappa shape index (κ1) is 2.19. The second-order valence-electron chi connectivity index (χ2n) is 1.35. The summed E-state index contributed by atoms with van der Waals surface area (Å²) >= 11 is 0. The highest BCUT2D eigenvalue weighted by atomic mass is 14.8. The second-order valence-corrected chi connectivity index (χ2v) is 1.35. The highest BCUT2D eigenvalue weighted by Gasteiger charge is 1.85. The number of rotatable bonds is 7. The van der Waals surface area contributed by atoms with Crippen molar-refractivity contribution in [3.8, 4) is 0 Å². The zero-order chi connectivity index (χ0) is 16.6. The summed E-state index contributed by atoms with van der Waals surface area (Å²) in [5, 5.41) is 1.82. The molecule has 0 bridgehead atoms. The lowest BCUT2D eigenvalue weighted by atomic mass is 10.3. The van der Waals surface area contributed by atoms with Crippen molar-refractivity contribution in [1.29, 1.82) is 0 Å². The first-order valence-electron chi connectivity index (χ1n) is 7.87. The van der Waals surface area contributed by atoms with Gasteiger partial charge in [0.2, 0.25) is 0 Å². The predicted molar refractivity (Wildman–Crippen MR) is 44.8 cm³/mol. The lowest BCUT2D eigenvalue weighted by Crippen LogP contribution is -2.19. The Kier molecular flexibility index (Phi) is 1.94. The highest BCUT2D eigenvalue weighted by Crippen LogP contribution is 1.81. The minimum Gasteiger partial charge on any atom is -0.330 e. The van der Waals surface area contributed by atoms with Crippen molar-refractivity contribution < 1.29 is 13.7 Å². The van der Waals surface area contributed by atoms with Crippen LogP contribution in [0.15, 0.2) is 0 Å². The average molecular weight is 155 g/mol. The summed E-state index contributed by atoms with van der Waals surface area (Å²) < 4.78 is 73.0. The molecule has 0 radical (unpaired) electrons. The maximum Gasteiger partial charge on any atom is 0.0428 e. The first-order chi connectivity index (χ1) is 8.51. The van der Waals surface area contributed by atoms with Crippen LogP contribution in [0.4, 0.5) is 0 Å².